The molecule has 2 nitrogen and oxygen atoms in total. The highest BCUT2D eigenvalue weighted by atomic mass is 16.5. The van der Waals surface area contributed by atoms with Crippen LogP contribution in [0.1, 0.15) is 49.5 Å². The van der Waals surface area contributed by atoms with Gasteiger partial charge in [-0.15, -0.1) is 0 Å². The van der Waals surface area contributed by atoms with Crippen LogP contribution in [0, 0.1) is 0 Å². The van der Waals surface area contributed by atoms with E-state index >= 15 is 0 Å². The first-order valence-electron chi connectivity index (χ1n) is 10.8. The van der Waals surface area contributed by atoms with Crippen LogP contribution in [0.3, 0.4) is 0 Å². The molecule has 0 amide bonds. The van der Waals surface area contributed by atoms with E-state index in [1.54, 1.807) is 0 Å². The molecule has 4 rings (SSSR count). The maximum absolute atomic E-state index is 6.78. The summed E-state index contributed by atoms with van der Waals surface area (Å²) in [5, 5.41) is 0. The smallest absolute Gasteiger partial charge is 0.108 e. The standard InChI is InChI=1S/C27H31NO/c1-21-18-26(19-22(2)28(21)20-23-12-6-3-7-13-23)29-27(24-14-8-4-9-15-24)25-16-10-5-11-17-25/h3-17,21-22,26-27H,18-20H2,1-2H3. The second-order valence-electron chi connectivity index (χ2n) is 8.29. The third kappa shape index (κ3) is 4.95. The predicted octanol–water partition coefficient (Wildman–Crippen LogP) is 6.23. The number of ether oxygens (including phenoxy) is 1. The molecule has 0 saturated carbocycles. The van der Waals surface area contributed by atoms with Crippen LogP contribution in [-0.4, -0.2) is 23.1 Å². The zero-order valence-electron chi connectivity index (χ0n) is 17.4. The highest BCUT2D eigenvalue weighted by Crippen LogP contribution is 2.33. The van der Waals surface area contributed by atoms with E-state index in [0.717, 1.165) is 19.4 Å². The molecule has 3 aromatic carbocycles. The minimum atomic E-state index is -0.0116. The Kier molecular flexibility index (Phi) is 6.43. The zero-order valence-corrected chi connectivity index (χ0v) is 17.4. The van der Waals surface area contributed by atoms with E-state index in [0.29, 0.717) is 12.1 Å². The van der Waals surface area contributed by atoms with Crippen molar-refractivity contribution in [3.05, 3.63) is 108 Å². The average Bonchev–Trinajstić information content (AvgIpc) is 2.76. The van der Waals surface area contributed by atoms with Gasteiger partial charge in [0.05, 0.1) is 6.10 Å². The summed E-state index contributed by atoms with van der Waals surface area (Å²) in [6.45, 7) is 5.70. The highest BCUT2D eigenvalue weighted by Gasteiger charge is 2.33. The number of benzene rings is 3. The Morgan fingerprint density at radius 2 is 1.17 bits per heavy atom. The van der Waals surface area contributed by atoms with Gasteiger partial charge in [0.1, 0.15) is 6.10 Å². The largest absolute Gasteiger partial charge is 0.365 e. The Morgan fingerprint density at radius 1 is 0.724 bits per heavy atom. The van der Waals surface area contributed by atoms with Crippen LogP contribution in [-0.2, 0) is 11.3 Å². The van der Waals surface area contributed by atoms with E-state index in [-0.39, 0.29) is 12.2 Å². The van der Waals surface area contributed by atoms with Crippen molar-refractivity contribution in [1.82, 2.24) is 4.90 Å². The van der Waals surface area contributed by atoms with E-state index in [2.05, 4.69) is 110 Å². The number of nitrogens with zero attached hydrogens (tertiary/aromatic N) is 1. The van der Waals surface area contributed by atoms with Gasteiger partial charge >= 0.3 is 0 Å². The molecule has 0 aliphatic carbocycles. The van der Waals surface area contributed by atoms with E-state index in [1.165, 1.54) is 16.7 Å². The van der Waals surface area contributed by atoms with Crippen molar-refractivity contribution in [3.8, 4) is 0 Å². The molecule has 2 heteroatoms. The Balaban J connectivity index is 1.48. The van der Waals surface area contributed by atoms with Gasteiger partial charge in [0.25, 0.3) is 0 Å². The first-order valence-corrected chi connectivity index (χ1v) is 10.8. The van der Waals surface area contributed by atoms with Crippen LogP contribution >= 0.6 is 0 Å². The summed E-state index contributed by atoms with van der Waals surface area (Å²) < 4.78 is 6.78. The molecule has 0 radical (unpaired) electrons. The summed E-state index contributed by atoms with van der Waals surface area (Å²) in [7, 11) is 0. The second kappa shape index (κ2) is 9.39. The molecule has 2 unspecified atom stereocenters. The monoisotopic (exact) mass is 385 g/mol. The zero-order chi connectivity index (χ0) is 20.1. The summed E-state index contributed by atoms with van der Waals surface area (Å²) >= 11 is 0. The first-order chi connectivity index (χ1) is 14.2. The van der Waals surface area contributed by atoms with Crippen molar-refractivity contribution < 1.29 is 4.74 Å². The van der Waals surface area contributed by atoms with E-state index < -0.39 is 0 Å². The van der Waals surface area contributed by atoms with Gasteiger partial charge in [0.2, 0.25) is 0 Å². The summed E-state index contributed by atoms with van der Waals surface area (Å²) in [5.41, 5.74) is 3.84. The summed E-state index contributed by atoms with van der Waals surface area (Å²) in [4.78, 5) is 2.62. The van der Waals surface area contributed by atoms with Gasteiger partial charge in [-0.3, -0.25) is 4.90 Å². The second-order valence-corrected chi connectivity index (χ2v) is 8.29. The topological polar surface area (TPSA) is 12.5 Å². The molecule has 1 heterocycles. The van der Waals surface area contributed by atoms with Crippen molar-refractivity contribution in [2.45, 2.75) is 57.5 Å². The van der Waals surface area contributed by atoms with Gasteiger partial charge < -0.3 is 4.74 Å². The predicted molar refractivity (Wildman–Crippen MR) is 120 cm³/mol. The average molecular weight is 386 g/mol. The number of rotatable bonds is 6. The first kappa shape index (κ1) is 19.9. The van der Waals surface area contributed by atoms with E-state index in [1.807, 2.05) is 0 Å². The molecule has 0 bridgehead atoms. The minimum absolute atomic E-state index is 0.0116. The lowest BCUT2D eigenvalue weighted by Gasteiger charge is -2.43. The molecule has 1 fully saturated rings. The van der Waals surface area contributed by atoms with Crippen LogP contribution in [0.25, 0.3) is 0 Å². The molecular formula is C27H31NO. The van der Waals surface area contributed by atoms with Crippen molar-refractivity contribution in [2.75, 3.05) is 0 Å². The van der Waals surface area contributed by atoms with Gasteiger partial charge in [-0.25, -0.2) is 0 Å². The number of likely N-dealkylation sites (tertiary alicyclic amines) is 1. The SMILES string of the molecule is CC1CC(OC(c2ccccc2)c2ccccc2)CC(C)N1Cc1ccccc1. The summed E-state index contributed by atoms with van der Waals surface area (Å²) in [6.07, 6.45) is 2.38. The molecular weight excluding hydrogens is 354 g/mol. The molecule has 0 N–H and O–H groups in total. The number of hydrogen-bond acceptors (Lipinski definition) is 2. The van der Waals surface area contributed by atoms with Gasteiger partial charge in [-0.1, -0.05) is 91.0 Å². The number of piperidine rings is 1. The lowest BCUT2D eigenvalue weighted by Crippen LogP contribution is -2.48. The Hall–Kier alpha value is -2.42. The van der Waals surface area contributed by atoms with Gasteiger partial charge in [-0.2, -0.15) is 0 Å². The lowest BCUT2D eigenvalue weighted by molar-refractivity contribution is -0.0613. The highest BCUT2D eigenvalue weighted by molar-refractivity contribution is 5.30. The molecule has 29 heavy (non-hydrogen) atoms. The fourth-order valence-electron chi connectivity index (χ4n) is 4.58. The van der Waals surface area contributed by atoms with Crippen LogP contribution in [0.4, 0.5) is 0 Å². The molecule has 0 spiro atoms. The third-order valence-electron chi connectivity index (χ3n) is 6.08. The fourth-order valence-corrected chi connectivity index (χ4v) is 4.58. The van der Waals surface area contributed by atoms with Gasteiger partial charge in [0.15, 0.2) is 0 Å². The van der Waals surface area contributed by atoms with Gasteiger partial charge in [0, 0.05) is 18.6 Å². The molecule has 0 aromatic heterocycles. The van der Waals surface area contributed by atoms with Crippen molar-refractivity contribution in [2.24, 2.45) is 0 Å². The van der Waals surface area contributed by atoms with Crippen LogP contribution < -0.4 is 0 Å². The van der Waals surface area contributed by atoms with Crippen LogP contribution in [0.2, 0.25) is 0 Å². The fraction of sp³-hybridized carbons (Fsp3) is 0.333. The molecule has 1 aliphatic heterocycles. The van der Waals surface area contributed by atoms with Gasteiger partial charge in [-0.05, 0) is 43.4 Å². The summed E-state index contributed by atoms with van der Waals surface area (Å²) in [6, 6.07) is 33.0. The molecule has 1 aliphatic rings. The van der Waals surface area contributed by atoms with E-state index in [9.17, 15) is 0 Å². The minimum Gasteiger partial charge on any atom is -0.365 e. The molecule has 150 valence electrons. The normalized spacial score (nSPS) is 22.7. The Morgan fingerprint density at radius 3 is 1.66 bits per heavy atom. The summed E-state index contributed by atoms with van der Waals surface area (Å²) in [5.74, 6) is 0. The maximum Gasteiger partial charge on any atom is 0.108 e. The van der Waals surface area contributed by atoms with Crippen molar-refractivity contribution in [3.63, 3.8) is 0 Å². The van der Waals surface area contributed by atoms with Crippen LogP contribution in [0.15, 0.2) is 91.0 Å². The Labute approximate surface area is 175 Å². The maximum atomic E-state index is 6.78. The third-order valence-corrected chi connectivity index (χ3v) is 6.08. The Bertz CT molecular complexity index is 813. The van der Waals surface area contributed by atoms with Crippen molar-refractivity contribution in [1.29, 1.82) is 0 Å². The lowest BCUT2D eigenvalue weighted by atomic mass is 9.93. The number of hydrogen-bond donors (Lipinski definition) is 0. The molecule has 1 saturated heterocycles. The van der Waals surface area contributed by atoms with Crippen LogP contribution in [0.5, 0.6) is 0 Å². The quantitative estimate of drug-likeness (QED) is 0.498. The molecule has 3 aromatic rings. The van der Waals surface area contributed by atoms with E-state index in [4.69, 9.17) is 4.74 Å². The van der Waals surface area contributed by atoms with Crippen molar-refractivity contribution >= 4 is 0 Å². The molecule has 2 atom stereocenters.